The quantitative estimate of drug-likeness (QED) is 0.739. The smallest absolute Gasteiger partial charge is 0.224 e. The zero-order valence-electron chi connectivity index (χ0n) is 8.95. The summed E-state index contributed by atoms with van der Waals surface area (Å²) in [5.41, 5.74) is 5.68. The number of nitrogens with one attached hydrogen (secondary N) is 1. The Morgan fingerprint density at radius 2 is 2.00 bits per heavy atom. The summed E-state index contributed by atoms with van der Waals surface area (Å²) in [4.78, 5) is 11.7. The Morgan fingerprint density at radius 3 is 2.50 bits per heavy atom. The fourth-order valence-corrected chi connectivity index (χ4v) is 2.52. The lowest BCUT2D eigenvalue weighted by Crippen LogP contribution is -2.44. The predicted octanol–water partition coefficient (Wildman–Crippen LogP) is 0.981. The van der Waals surface area contributed by atoms with Crippen molar-refractivity contribution in [2.24, 2.45) is 11.7 Å². The second-order valence-electron chi connectivity index (χ2n) is 4.04. The Kier molecular flexibility index (Phi) is 4.75. The minimum Gasteiger partial charge on any atom is -0.353 e. The Morgan fingerprint density at radius 1 is 1.43 bits per heavy atom. The van der Waals surface area contributed by atoms with Crippen molar-refractivity contribution in [3.05, 3.63) is 0 Å². The van der Waals surface area contributed by atoms with Crippen LogP contribution in [0.4, 0.5) is 0 Å². The van der Waals surface area contributed by atoms with Gasteiger partial charge in [-0.3, -0.25) is 4.79 Å². The van der Waals surface area contributed by atoms with Gasteiger partial charge in [0.15, 0.2) is 0 Å². The van der Waals surface area contributed by atoms with Gasteiger partial charge >= 0.3 is 0 Å². The Hall–Kier alpha value is -0.220. The van der Waals surface area contributed by atoms with E-state index in [1.54, 1.807) is 0 Å². The van der Waals surface area contributed by atoms with E-state index in [2.05, 4.69) is 5.32 Å². The van der Waals surface area contributed by atoms with E-state index >= 15 is 0 Å². The van der Waals surface area contributed by atoms with Crippen LogP contribution in [-0.4, -0.2) is 29.5 Å². The number of carbonyl (C=O) groups is 1. The maximum atomic E-state index is 11.7. The van der Waals surface area contributed by atoms with Gasteiger partial charge in [0.25, 0.3) is 0 Å². The van der Waals surface area contributed by atoms with Crippen molar-refractivity contribution in [3.8, 4) is 0 Å². The van der Waals surface area contributed by atoms with E-state index < -0.39 is 0 Å². The van der Waals surface area contributed by atoms with E-state index in [0.29, 0.717) is 6.04 Å². The predicted molar refractivity (Wildman–Crippen MR) is 61.3 cm³/mol. The van der Waals surface area contributed by atoms with Gasteiger partial charge in [-0.05, 0) is 31.3 Å². The van der Waals surface area contributed by atoms with Crippen LogP contribution in [0.5, 0.6) is 0 Å². The van der Waals surface area contributed by atoms with Crippen LogP contribution in [0.2, 0.25) is 0 Å². The highest BCUT2D eigenvalue weighted by Gasteiger charge is 2.21. The zero-order chi connectivity index (χ0) is 10.6. The first-order chi connectivity index (χ1) is 6.61. The summed E-state index contributed by atoms with van der Waals surface area (Å²) in [5, 5.41) is 3.07. The second kappa shape index (κ2) is 5.61. The van der Waals surface area contributed by atoms with Gasteiger partial charge in [-0.1, -0.05) is 6.92 Å². The molecular weight excluding hydrogens is 196 g/mol. The average molecular weight is 216 g/mol. The number of hydrogen-bond donors (Lipinski definition) is 2. The molecule has 0 aromatic heterocycles. The highest BCUT2D eigenvalue weighted by molar-refractivity contribution is 7.99. The van der Waals surface area contributed by atoms with Crippen molar-refractivity contribution < 1.29 is 4.79 Å². The lowest BCUT2D eigenvalue weighted by molar-refractivity contribution is -0.125. The molecule has 3 N–H and O–H groups in total. The van der Waals surface area contributed by atoms with Crippen LogP contribution in [-0.2, 0) is 4.79 Å². The summed E-state index contributed by atoms with van der Waals surface area (Å²) in [6, 6.07) is 0.318. The van der Waals surface area contributed by atoms with Gasteiger partial charge in [-0.15, -0.1) is 0 Å². The van der Waals surface area contributed by atoms with Gasteiger partial charge in [0, 0.05) is 18.0 Å². The third-order valence-electron chi connectivity index (χ3n) is 2.77. The number of thioether (sulfide) groups is 1. The monoisotopic (exact) mass is 216 g/mol. The van der Waals surface area contributed by atoms with Crippen LogP contribution in [0.15, 0.2) is 0 Å². The van der Waals surface area contributed by atoms with Crippen molar-refractivity contribution in [3.63, 3.8) is 0 Å². The maximum absolute atomic E-state index is 11.7. The molecule has 4 heteroatoms. The molecule has 2 unspecified atom stereocenters. The summed E-state index contributed by atoms with van der Waals surface area (Å²) in [6.45, 7) is 3.76. The first-order valence-corrected chi connectivity index (χ1v) is 6.40. The van der Waals surface area contributed by atoms with Crippen LogP contribution in [0, 0.1) is 5.92 Å². The molecule has 1 aliphatic heterocycles. The maximum Gasteiger partial charge on any atom is 0.224 e. The van der Waals surface area contributed by atoms with Crippen LogP contribution in [0.1, 0.15) is 26.7 Å². The summed E-state index contributed by atoms with van der Waals surface area (Å²) >= 11 is 1.96. The van der Waals surface area contributed by atoms with Gasteiger partial charge < -0.3 is 11.1 Å². The Labute approximate surface area is 90.2 Å². The number of rotatable bonds is 3. The molecule has 82 valence electrons. The first-order valence-electron chi connectivity index (χ1n) is 5.25. The molecule has 0 aromatic carbocycles. The molecule has 1 heterocycles. The molecule has 1 fully saturated rings. The molecule has 3 nitrogen and oxygen atoms in total. The molecule has 0 spiro atoms. The van der Waals surface area contributed by atoms with E-state index in [9.17, 15) is 4.79 Å². The summed E-state index contributed by atoms with van der Waals surface area (Å²) in [7, 11) is 0. The van der Waals surface area contributed by atoms with Crippen LogP contribution < -0.4 is 11.1 Å². The molecule has 0 bridgehead atoms. The van der Waals surface area contributed by atoms with Crippen molar-refractivity contribution in [2.75, 3.05) is 11.5 Å². The molecule has 1 amide bonds. The molecule has 14 heavy (non-hydrogen) atoms. The second-order valence-corrected chi connectivity index (χ2v) is 5.27. The van der Waals surface area contributed by atoms with Gasteiger partial charge in [0.05, 0.1) is 0 Å². The number of nitrogens with two attached hydrogens (primary N) is 1. The van der Waals surface area contributed by atoms with Crippen LogP contribution in [0.25, 0.3) is 0 Å². The average Bonchev–Trinajstić information content (AvgIpc) is 2.18. The van der Waals surface area contributed by atoms with Gasteiger partial charge in [-0.2, -0.15) is 11.8 Å². The molecule has 0 saturated carbocycles. The highest BCUT2D eigenvalue weighted by atomic mass is 32.2. The van der Waals surface area contributed by atoms with E-state index in [-0.39, 0.29) is 17.9 Å². The number of amides is 1. The minimum atomic E-state index is -0.0791. The summed E-state index contributed by atoms with van der Waals surface area (Å²) in [6.07, 6.45) is 2.20. The standard InChI is InChI=1S/C10H20N2OS/c1-7(8(2)11)10(13)12-9-3-5-14-6-4-9/h7-9H,3-6,11H2,1-2H3,(H,12,13). The lowest BCUT2D eigenvalue weighted by Gasteiger charge is -2.25. The third-order valence-corrected chi connectivity index (χ3v) is 3.82. The largest absolute Gasteiger partial charge is 0.353 e. The highest BCUT2D eigenvalue weighted by Crippen LogP contribution is 2.17. The minimum absolute atomic E-state index is 0.0621. The van der Waals surface area contributed by atoms with Crippen LogP contribution >= 0.6 is 11.8 Å². The van der Waals surface area contributed by atoms with Crippen LogP contribution in [0.3, 0.4) is 0 Å². The lowest BCUT2D eigenvalue weighted by atomic mass is 10.0. The molecule has 0 aliphatic carbocycles. The molecule has 1 rings (SSSR count). The first kappa shape index (κ1) is 11.9. The summed E-state index contributed by atoms with van der Waals surface area (Å²) in [5.74, 6) is 2.36. The molecule has 1 aliphatic rings. The molecular formula is C10H20N2OS. The number of hydrogen-bond acceptors (Lipinski definition) is 3. The van der Waals surface area contributed by atoms with Gasteiger partial charge in [0.1, 0.15) is 0 Å². The van der Waals surface area contributed by atoms with Crippen molar-refractivity contribution in [1.82, 2.24) is 5.32 Å². The SMILES string of the molecule is CC(N)C(C)C(=O)NC1CCSCC1. The molecule has 0 radical (unpaired) electrons. The van der Waals surface area contributed by atoms with Crippen molar-refractivity contribution in [1.29, 1.82) is 0 Å². The van der Waals surface area contributed by atoms with Gasteiger partial charge in [0.2, 0.25) is 5.91 Å². The van der Waals surface area contributed by atoms with Gasteiger partial charge in [-0.25, -0.2) is 0 Å². The topological polar surface area (TPSA) is 55.1 Å². The molecule has 1 saturated heterocycles. The fourth-order valence-electron chi connectivity index (χ4n) is 1.41. The molecule has 2 atom stereocenters. The number of carbonyl (C=O) groups excluding carboxylic acids is 1. The summed E-state index contributed by atoms with van der Waals surface area (Å²) < 4.78 is 0. The van der Waals surface area contributed by atoms with Crippen molar-refractivity contribution >= 4 is 17.7 Å². The van der Waals surface area contributed by atoms with E-state index in [0.717, 1.165) is 24.3 Å². The van der Waals surface area contributed by atoms with E-state index in [1.165, 1.54) is 0 Å². The van der Waals surface area contributed by atoms with E-state index in [1.807, 2.05) is 25.6 Å². The Bertz CT molecular complexity index is 191. The Balaban J connectivity index is 2.31. The van der Waals surface area contributed by atoms with E-state index in [4.69, 9.17) is 5.73 Å². The van der Waals surface area contributed by atoms with Crippen molar-refractivity contribution in [2.45, 2.75) is 38.8 Å². The third kappa shape index (κ3) is 3.50. The zero-order valence-corrected chi connectivity index (χ0v) is 9.77. The fraction of sp³-hybridized carbons (Fsp3) is 0.900. The molecule has 0 aromatic rings. The normalized spacial score (nSPS) is 22.8.